The molecule has 3 heteroatoms. The summed E-state index contributed by atoms with van der Waals surface area (Å²) in [4.78, 5) is 15.7. The largest absolute Gasteiger partial charge is 0.311 e. The molecule has 17 heavy (non-hydrogen) atoms. The molecule has 2 aliphatic rings. The highest BCUT2D eigenvalue weighted by atomic mass is 32.2. The molecule has 90 valence electrons. The zero-order valence-corrected chi connectivity index (χ0v) is 10.9. The van der Waals surface area contributed by atoms with E-state index in [1.807, 2.05) is 22.7 Å². The molecule has 0 radical (unpaired) electrons. The van der Waals surface area contributed by atoms with E-state index in [-0.39, 0.29) is 5.92 Å². The summed E-state index contributed by atoms with van der Waals surface area (Å²) in [5.74, 6) is 2.32. The van der Waals surface area contributed by atoms with Crippen LogP contribution in [-0.2, 0) is 4.79 Å². The van der Waals surface area contributed by atoms with Crippen LogP contribution in [0.1, 0.15) is 19.8 Å². The summed E-state index contributed by atoms with van der Waals surface area (Å²) in [5.41, 5.74) is 1.12. The Kier molecular flexibility index (Phi) is 2.87. The zero-order valence-electron chi connectivity index (χ0n) is 10.1. The molecule has 1 aromatic rings. The highest BCUT2D eigenvalue weighted by Gasteiger charge is 2.42. The maximum Gasteiger partial charge on any atom is 0.230 e. The number of thioether (sulfide) groups is 1. The summed E-state index contributed by atoms with van der Waals surface area (Å²) >= 11 is 1.87. The molecule has 3 rings (SSSR count). The molecule has 2 unspecified atom stereocenters. The number of anilines is 1. The van der Waals surface area contributed by atoms with Gasteiger partial charge in [0.2, 0.25) is 5.91 Å². The van der Waals surface area contributed by atoms with Crippen LogP contribution in [0.4, 0.5) is 5.69 Å². The van der Waals surface area contributed by atoms with Crippen LogP contribution < -0.4 is 4.90 Å². The van der Waals surface area contributed by atoms with E-state index < -0.39 is 0 Å². The molecule has 2 nitrogen and oxygen atoms in total. The lowest BCUT2D eigenvalue weighted by Gasteiger charge is -2.22. The van der Waals surface area contributed by atoms with Gasteiger partial charge in [-0.3, -0.25) is 4.79 Å². The van der Waals surface area contributed by atoms with Gasteiger partial charge in [0.25, 0.3) is 0 Å². The maximum absolute atomic E-state index is 12.4. The number of nitrogens with zero attached hydrogens (tertiary/aromatic N) is 1. The molecule has 0 spiro atoms. The van der Waals surface area contributed by atoms with E-state index in [2.05, 4.69) is 25.1 Å². The van der Waals surface area contributed by atoms with E-state index in [0.717, 1.165) is 30.8 Å². The van der Waals surface area contributed by atoms with Crippen LogP contribution in [0, 0.1) is 11.8 Å². The van der Waals surface area contributed by atoms with Crippen molar-refractivity contribution in [2.75, 3.05) is 17.2 Å². The first-order valence-electron chi connectivity index (χ1n) is 6.30. The number of carbonyl (C=O) groups is 1. The van der Waals surface area contributed by atoms with Crippen LogP contribution in [0.3, 0.4) is 0 Å². The molecule has 0 bridgehead atoms. The van der Waals surface area contributed by atoms with Crippen LogP contribution in [0.2, 0.25) is 0 Å². The second-order valence-electron chi connectivity index (χ2n) is 4.98. The van der Waals surface area contributed by atoms with E-state index >= 15 is 0 Å². The van der Waals surface area contributed by atoms with Gasteiger partial charge in [-0.25, -0.2) is 0 Å². The summed E-state index contributed by atoms with van der Waals surface area (Å²) in [6, 6.07) is 8.29. The Morgan fingerprint density at radius 2 is 2.18 bits per heavy atom. The number of fused-ring (bicyclic) bond motifs is 1. The SMILES string of the molecule is CC1CC1C(=O)N1CCCSc2ccccc21. The molecule has 1 saturated carbocycles. The first-order valence-corrected chi connectivity index (χ1v) is 7.29. The van der Waals surface area contributed by atoms with Crippen LogP contribution in [-0.4, -0.2) is 18.2 Å². The Bertz CT molecular complexity index is 446. The highest BCUT2D eigenvalue weighted by molar-refractivity contribution is 7.99. The molecule has 0 saturated heterocycles. The average Bonchev–Trinajstić information content (AvgIpc) is 3.10. The summed E-state index contributed by atoms with van der Waals surface area (Å²) in [6.45, 7) is 3.05. The molecular formula is C14H17NOS. The van der Waals surface area contributed by atoms with Gasteiger partial charge in [-0.2, -0.15) is 0 Å². The minimum absolute atomic E-state index is 0.283. The van der Waals surface area contributed by atoms with Crippen molar-refractivity contribution in [3.63, 3.8) is 0 Å². The Hall–Kier alpha value is -0.960. The second-order valence-corrected chi connectivity index (χ2v) is 6.12. The van der Waals surface area contributed by atoms with Gasteiger partial charge in [0.05, 0.1) is 5.69 Å². The smallest absolute Gasteiger partial charge is 0.230 e. The third-order valence-electron chi connectivity index (χ3n) is 3.63. The van der Waals surface area contributed by atoms with Crippen LogP contribution >= 0.6 is 11.8 Å². The van der Waals surface area contributed by atoms with E-state index in [4.69, 9.17) is 0 Å². The Morgan fingerprint density at radius 3 is 2.94 bits per heavy atom. The number of carbonyl (C=O) groups excluding carboxylic acids is 1. The molecule has 0 aromatic heterocycles. The zero-order chi connectivity index (χ0) is 11.8. The van der Waals surface area contributed by atoms with Crippen LogP contribution in [0.15, 0.2) is 29.2 Å². The molecule has 1 fully saturated rings. The summed E-state index contributed by atoms with van der Waals surface area (Å²) in [7, 11) is 0. The fourth-order valence-electron chi connectivity index (χ4n) is 2.42. The highest BCUT2D eigenvalue weighted by Crippen LogP contribution is 2.42. The quantitative estimate of drug-likeness (QED) is 0.759. The number of hydrogen-bond donors (Lipinski definition) is 0. The standard InChI is InChI=1S/C14H17NOS/c1-10-9-11(10)14(16)15-7-4-8-17-13-6-3-2-5-12(13)15/h2-3,5-6,10-11H,4,7-9H2,1H3. The monoisotopic (exact) mass is 247 g/mol. The third-order valence-corrected chi connectivity index (χ3v) is 4.78. The lowest BCUT2D eigenvalue weighted by atomic mass is 10.2. The van der Waals surface area contributed by atoms with Crippen molar-refractivity contribution in [2.45, 2.75) is 24.7 Å². The van der Waals surface area contributed by atoms with Crippen LogP contribution in [0.25, 0.3) is 0 Å². The van der Waals surface area contributed by atoms with Crippen molar-refractivity contribution >= 4 is 23.4 Å². The number of amides is 1. The third kappa shape index (κ3) is 2.08. The van der Waals surface area contributed by atoms with Crippen molar-refractivity contribution in [2.24, 2.45) is 11.8 Å². The fourth-order valence-corrected chi connectivity index (χ4v) is 3.42. The normalized spacial score (nSPS) is 27.2. The number of rotatable bonds is 1. The molecule has 0 N–H and O–H groups in total. The molecule has 1 amide bonds. The lowest BCUT2D eigenvalue weighted by Crippen LogP contribution is -2.33. The second kappa shape index (κ2) is 4.37. The average molecular weight is 247 g/mol. The first-order chi connectivity index (χ1) is 8.27. The summed E-state index contributed by atoms with van der Waals surface area (Å²) in [6.07, 6.45) is 2.16. The van der Waals surface area contributed by atoms with Gasteiger partial charge in [0, 0.05) is 17.4 Å². The maximum atomic E-state index is 12.4. The van der Waals surface area contributed by atoms with E-state index in [9.17, 15) is 4.79 Å². The number of hydrogen-bond acceptors (Lipinski definition) is 2. The summed E-state index contributed by atoms with van der Waals surface area (Å²) in [5, 5.41) is 0. The minimum atomic E-state index is 0.283. The number of para-hydroxylation sites is 1. The molecule has 1 heterocycles. The Labute approximate surface area is 106 Å². The van der Waals surface area contributed by atoms with Gasteiger partial charge < -0.3 is 4.90 Å². The van der Waals surface area contributed by atoms with E-state index in [0.29, 0.717) is 11.8 Å². The van der Waals surface area contributed by atoms with Gasteiger partial charge in [0.1, 0.15) is 0 Å². The molecule has 1 aliphatic heterocycles. The molecular weight excluding hydrogens is 230 g/mol. The van der Waals surface area contributed by atoms with Gasteiger partial charge in [-0.15, -0.1) is 11.8 Å². The first kappa shape index (κ1) is 11.1. The van der Waals surface area contributed by atoms with Crippen molar-refractivity contribution in [1.82, 2.24) is 0 Å². The topological polar surface area (TPSA) is 20.3 Å². The van der Waals surface area contributed by atoms with Gasteiger partial charge in [0.15, 0.2) is 0 Å². The summed E-state index contributed by atoms with van der Waals surface area (Å²) < 4.78 is 0. The van der Waals surface area contributed by atoms with Gasteiger partial charge >= 0.3 is 0 Å². The van der Waals surface area contributed by atoms with E-state index in [1.54, 1.807) is 0 Å². The minimum Gasteiger partial charge on any atom is -0.311 e. The van der Waals surface area contributed by atoms with Crippen molar-refractivity contribution in [1.29, 1.82) is 0 Å². The van der Waals surface area contributed by atoms with Gasteiger partial charge in [-0.05, 0) is 36.6 Å². The lowest BCUT2D eigenvalue weighted by molar-refractivity contribution is -0.120. The molecule has 2 atom stereocenters. The predicted octanol–water partition coefficient (Wildman–Crippen LogP) is 3.17. The molecule has 1 aromatic carbocycles. The van der Waals surface area contributed by atoms with Crippen molar-refractivity contribution in [3.05, 3.63) is 24.3 Å². The Morgan fingerprint density at radius 1 is 1.41 bits per heavy atom. The number of benzene rings is 1. The van der Waals surface area contributed by atoms with Gasteiger partial charge in [-0.1, -0.05) is 19.1 Å². The Balaban J connectivity index is 1.91. The van der Waals surface area contributed by atoms with E-state index in [1.165, 1.54) is 4.90 Å². The fraction of sp³-hybridized carbons (Fsp3) is 0.500. The molecule has 1 aliphatic carbocycles. The van der Waals surface area contributed by atoms with Crippen molar-refractivity contribution in [3.8, 4) is 0 Å². The van der Waals surface area contributed by atoms with Crippen molar-refractivity contribution < 1.29 is 4.79 Å². The predicted molar refractivity (Wildman–Crippen MR) is 71.4 cm³/mol. The van der Waals surface area contributed by atoms with Crippen LogP contribution in [0.5, 0.6) is 0 Å².